The maximum absolute atomic E-state index is 12.7. The Morgan fingerprint density at radius 1 is 1.26 bits per heavy atom. The van der Waals surface area contributed by atoms with Crippen molar-refractivity contribution >= 4 is 33.2 Å². The average molecular weight is 356 g/mol. The van der Waals surface area contributed by atoms with E-state index in [1.807, 2.05) is 6.07 Å². The van der Waals surface area contributed by atoms with Gasteiger partial charge < -0.3 is 5.32 Å². The van der Waals surface area contributed by atoms with Gasteiger partial charge in [-0.2, -0.15) is 0 Å². The first-order chi connectivity index (χ1) is 10.5. The van der Waals surface area contributed by atoms with Crippen LogP contribution in [0.2, 0.25) is 0 Å². The minimum atomic E-state index is -3.52. The number of aromatic nitrogens is 1. The van der Waals surface area contributed by atoms with E-state index in [-0.39, 0.29) is 17.8 Å². The lowest BCUT2D eigenvalue weighted by atomic mass is 9.81. The van der Waals surface area contributed by atoms with Gasteiger partial charge in [0, 0.05) is 29.7 Å². The Hall–Kier alpha value is -1.21. The monoisotopic (exact) mass is 355 g/mol. The zero-order chi connectivity index (χ0) is 15.6. The van der Waals surface area contributed by atoms with Gasteiger partial charge in [0.05, 0.1) is 4.90 Å². The molecule has 7 heteroatoms. The van der Waals surface area contributed by atoms with Gasteiger partial charge in [-0.25, -0.2) is 13.1 Å². The molecule has 1 saturated heterocycles. The van der Waals surface area contributed by atoms with Crippen LogP contribution in [0.15, 0.2) is 41.6 Å². The Balaban J connectivity index is 0.00000192. The van der Waals surface area contributed by atoms with E-state index in [1.165, 1.54) is 0 Å². The molecule has 0 unspecified atom stereocenters. The zero-order valence-electron chi connectivity index (χ0n) is 13.1. The fourth-order valence-corrected chi connectivity index (χ4v) is 4.31. The van der Waals surface area contributed by atoms with Crippen molar-refractivity contribution in [3.63, 3.8) is 0 Å². The Morgan fingerprint density at radius 3 is 2.74 bits per heavy atom. The van der Waals surface area contributed by atoms with Crippen LogP contribution in [0.5, 0.6) is 0 Å². The Labute approximate surface area is 143 Å². The molecule has 2 aromatic rings. The number of sulfonamides is 1. The van der Waals surface area contributed by atoms with E-state index in [0.29, 0.717) is 16.8 Å². The van der Waals surface area contributed by atoms with Crippen molar-refractivity contribution in [1.82, 2.24) is 15.0 Å². The van der Waals surface area contributed by atoms with Crippen LogP contribution >= 0.6 is 12.4 Å². The van der Waals surface area contributed by atoms with Crippen LogP contribution in [0.25, 0.3) is 10.8 Å². The lowest BCUT2D eigenvalue weighted by Gasteiger charge is -2.34. The molecule has 5 nitrogen and oxygen atoms in total. The molecule has 126 valence electrons. The van der Waals surface area contributed by atoms with E-state index in [2.05, 4.69) is 21.9 Å². The molecule has 3 rings (SSSR count). The molecule has 2 N–H and O–H groups in total. The van der Waals surface area contributed by atoms with Crippen LogP contribution in [0.4, 0.5) is 0 Å². The van der Waals surface area contributed by atoms with Crippen LogP contribution < -0.4 is 10.0 Å². The molecule has 1 fully saturated rings. The number of nitrogens with zero attached hydrogens (tertiary/aromatic N) is 1. The molecule has 0 amide bonds. The molecular formula is C16H22ClN3O2S. The zero-order valence-corrected chi connectivity index (χ0v) is 14.7. The van der Waals surface area contributed by atoms with Crippen LogP contribution in [-0.4, -0.2) is 33.0 Å². The van der Waals surface area contributed by atoms with E-state index < -0.39 is 10.0 Å². The number of rotatable bonds is 4. The van der Waals surface area contributed by atoms with Crippen LogP contribution in [0, 0.1) is 5.41 Å². The number of pyridine rings is 1. The molecule has 0 spiro atoms. The summed E-state index contributed by atoms with van der Waals surface area (Å²) in [6.45, 7) is 4.50. The number of halogens is 1. The molecule has 0 aliphatic carbocycles. The van der Waals surface area contributed by atoms with E-state index in [4.69, 9.17) is 0 Å². The number of piperidine rings is 1. The summed E-state index contributed by atoms with van der Waals surface area (Å²) in [5.74, 6) is 0. The molecule has 1 aromatic carbocycles. The topological polar surface area (TPSA) is 71.1 Å². The van der Waals surface area contributed by atoms with Gasteiger partial charge in [0.1, 0.15) is 0 Å². The van der Waals surface area contributed by atoms with Gasteiger partial charge in [-0.1, -0.05) is 19.1 Å². The van der Waals surface area contributed by atoms with Gasteiger partial charge in [-0.05, 0) is 43.5 Å². The molecule has 23 heavy (non-hydrogen) atoms. The second-order valence-corrected chi connectivity index (χ2v) is 7.97. The van der Waals surface area contributed by atoms with Crippen molar-refractivity contribution in [1.29, 1.82) is 0 Å². The van der Waals surface area contributed by atoms with Gasteiger partial charge in [0.2, 0.25) is 10.0 Å². The molecule has 0 saturated carbocycles. The highest BCUT2D eigenvalue weighted by atomic mass is 35.5. The third-order valence-electron chi connectivity index (χ3n) is 4.43. The van der Waals surface area contributed by atoms with Crippen LogP contribution in [0.1, 0.15) is 19.8 Å². The lowest BCUT2D eigenvalue weighted by molar-refractivity contribution is 0.232. The van der Waals surface area contributed by atoms with E-state index >= 15 is 0 Å². The van der Waals surface area contributed by atoms with Gasteiger partial charge in [0.15, 0.2) is 0 Å². The van der Waals surface area contributed by atoms with Gasteiger partial charge in [-0.15, -0.1) is 12.4 Å². The summed E-state index contributed by atoms with van der Waals surface area (Å²) in [7, 11) is -3.52. The first-order valence-corrected chi connectivity index (χ1v) is 9.02. The van der Waals surface area contributed by atoms with Crippen molar-refractivity contribution in [3.05, 3.63) is 36.7 Å². The molecule has 1 aliphatic rings. The second-order valence-electron chi connectivity index (χ2n) is 6.24. The van der Waals surface area contributed by atoms with Gasteiger partial charge in [0.25, 0.3) is 0 Å². The van der Waals surface area contributed by atoms with E-state index in [1.54, 1.807) is 30.6 Å². The van der Waals surface area contributed by atoms with E-state index in [0.717, 1.165) is 31.3 Å². The minimum Gasteiger partial charge on any atom is -0.317 e. The number of hydrogen-bond acceptors (Lipinski definition) is 4. The Morgan fingerprint density at radius 2 is 2.00 bits per heavy atom. The molecule has 0 atom stereocenters. The average Bonchev–Trinajstić information content (AvgIpc) is 2.53. The maximum atomic E-state index is 12.7. The standard InChI is InChI=1S/C16H21N3O2S.ClH/c1-16(6-9-17-10-7-16)12-19-22(20,21)15-4-2-3-13-11-18-8-5-14(13)15;/h2-5,8,11,17,19H,6-7,9-10,12H2,1H3;1H. The third kappa shape index (κ3) is 4.01. The third-order valence-corrected chi connectivity index (χ3v) is 5.89. The van der Waals surface area contributed by atoms with Gasteiger partial charge >= 0.3 is 0 Å². The highest BCUT2D eigenvalue weighted by Gasteiger charge is 2.29. The van der Waals surface area contributed by atoms with Crippen molar-refractivity contribution in [2.75, 3.05) is 19.6 Å². The van der Waals surface area contributed by atoms with Gasteiger partial charge in [-0.3, -0.25) is 4.98 Å². The summed E-state index contributed by atoms with van der Waals surface area (Å²) in [6, 6.07) is 7.02. The van der Waals surface area contributed by atoms with Crippen molar-refractivity contribution in [3.8, 4) is 0 Å². The second kappa shape index (κ2) is 7.13. The number of nitrogens with one attached hydrogen (secondary N) is 2. The van der Waals surface area contributed by atoms with Crippen LogP contribution in [0.3, 0.4) is 0 Å². The van der Waals surface area contributed by atoms with Crippen molar-refractivity contribution in [2.45, 2.75) is 24.7 Å². The lowest BCUT2D eigenvalue weighted by Crippen LogP contribution is -2.42. The summed E-state index contributed by atoms with van der Waals surface area (Å²) in [4.78, 5) is 4.37. The highest BCUT2D eigenvalue weighted by molar-refractivity contribution is 7.89. The van der Waals surface area contributed by atoms with E-state index in [9.17, 15) is 8.42 Å². The Bertz CT molecular complexity index is 768. The quantitative estimate of drug-likeness (QED) is 0.883. The molecule has 1 aliphatic heterocycles. The summed E-state index contributed by atoms with van der Waals surface area (Å²) < 4.78 is 28.2. The maximum Gasteiger partial charge on any atom is 0.241 e. The minimum absolute atomic E-state index is 0. The predicted molar refractivity (Wildman–Crippen MR) is 94.4 cm³/mol. The molecule has 1 aromatic heterocycles. The van der Waals surface area contributed by atoms with Crippen molar-refractivity contribution in [2.24, 2.45) is 5.41 Å². The normalized spacial score (nSPS) is 17.6. The molecule has 2 heterocycles. The number of fused-ring (bicyclic) bond motifs is 1. The Kier molecular flexibility index (Phi) is 5.62. The summed E-state index contributed by atoms with van der Waals surface area (Å²) >= 11 is 0. The number of benzene rings is 1. The predicted octanol–water partition coefficient (Wildman–Crippen LogP) is 2.32. The molecular weight excluding hydrogens is 334 g/mol. The summed E-state index contributed by atoms with van der Waals surface area (Å²) in [6.07, 6.45) is 5.27. The number of hydrogen-bond donors (Lipinski definition) is 2. The fraction of sp³-hybridized carbons (Fsp3) is 0.438. The molecule has 0 bridgehead atoms. The van der Waals surface area contributed by atoms with Crippen molar-refractivity contribution < 1.29 is 8.42 Å². The smallest absolute Gasteiger partial charge is 0.241 e. The largest absolute Gasteiger partial charge is 0.317 e. The first kappa shape index (κ1) is 18.1. The summed E-state index contributed by atoms with van der Waals surface area (Å²) in [5, 5.41) is 4.85. The molecule has 0 radical (unpaired) electrons. The summed E-state index contributed by atoms with van der Waals surface area (Å²) in [5.41, 5.74) is 0.0183. The highest BCUT2D eigenvalue weighted by Crippen LogP contribution is 2.28. The SMILES string of the molecule is CC1(CNS(=O)(=O)c2cccc3cnccc23)CCNCC1.Cl. The first-order valence-electron chi connectivity index (χ1n) is 7.53. The fourth-order valence-electron chi connectivity index (χ4n) is 2.88. The van der Waals surface area contributed by atoms with Crippen LogP contribution in [-0.2, 0) is 10.0 Å².